The van der Waals surface area contributed by atoms with E-state index in [1.165, 1.54) is 6.42 Å². The van der Waals surface area contributed by atoms with Crippen molar-refractivity contribution in [1.82, 2.24) is 10.2 Å². The zero-order valence-electron chi connectivity index (χ0n) is 15.8. The molecule has 1 aliphatic rings. The highest BCUT2D eigenvalue weighted by atomic mass is 32.2. The van der Waals surface area contributed by atoms with Crippen molar-refractivity contribution in [3.05, 3.63) is 17.7 Å². The number of aliphatic imine (C=N–C) groups is 1. The van der Waals surface area contributed by atoms with Gasteiger partial charge in [-0.3, -0.25) is 4.99 Å². The second-order valence-electron chi connectivity index (χ2n) is 5.76. The van der Waals surface area contributed by atoms with Crippen molar-refractivity contribution in [1.29, 1.82) is 0 Å². The molecular weight excluding hydrogens is 338 g/mol. The molecule has 1 saturated heterocycles. The number of guanidine groups is 1. The predicted octanol–water partition coefficient (Wildman–Crippen LogP) is 2.62. The SMILES string of the molecule is CCC1CN(C(=NC)NCc2c(OC)cc(OC)cc2OC)CCS1. The molecule has 0 amide bonds. The van der Waals surface area contributed by atoms with Crippen LogP contribution >= 0.6 is 11.8 Å². The van der Waals surface area contributed by atoms with E-state index >= 15 is 0 Å². The minimum atomic E-state index is 0.573. The minimum absolute atomic E-state index is 0.573. The summed E-state index contributed by atoms with van der Waals surface area (Å²) in [6.07, 6.45) is 1.18. The Bertz CT molecular complexity index is 570. The molecule has 0 saturated carbocycles. The average Bonchev–Trinajstić information content (AvgIpc) is 2.68. The van der Waals surface area contributed by atoms with E-state index < -0.39 is 0 Å². The highest BCUT2D eigenvalue weighted by molar-refractivity contribution is 8.00. The van der Waals surface area contributed by atoms with Crippen molar-refractivity contribution in [3.63, 3.8) is 0 Å². The molecule has 0 aromatic heterocycles. The summed E-state index contributed by atoms with van der Waals surface area (Å²) in [5.74, 6) is 4.23. The van der Waals surface area contributed by atoms with Crippen LogP contribution in [-0.2, 0) is 6.54 Å². The molecule has 1 atom stereocenters. The molecular formula is C18H29N3O3S. The molecule has 1 N–H and O–H groups in total. The number of thioether (sulfide) groups is 1. The first-order valence-electron chi connectivity index (χ1n) is 8.52. The molecule has 0 bridgehead atoms. The van der Waals surface area contributed by atoms with Gasteiger partial charge in [-0.1, -0.05) is 6.92 Å². The Morgan fingerprint density at radius 2 is 1.92 bits per heavy atom. The van der Waals surface area contributed by atoms with Crippen LogP contribution in [0.3, 0.4) is 0 Å². The van der Waals surface area contributed by atoms with Crippen molar-refractivity contribution in [2.24, 2.45) is 4.99 Å². The molecule has 0 radical (unpaired) electrons. The summed E-state index contributed by atoms with van der Waals surface area (Å²) >= 11 is 2.05. The summed E-state index contributed by atoms with van der Waals surface area (Å²) in [5.41, 5.74) is 0.949. The number of hydrogen-bond donors (Lipinski definition) is 1. The maximum atomic E-state index is 5.52. The zero-order chi connectivity index (χ0) is 18.2. The zero-order valence-corrected chi connectivity index (χ0v) is 16.6. The lowest BCUT2D eigenvalue weighted by Crippen LogP contribution is -2.47. The summed E-state index contributed by atoms with van der Waals surface area (Å²) < 4.78 is 16.3. The van der Waals surface area contributed by atoms with E-state index in [1.807, 2.05) is 30.9 Å². The monoisotopic (exact) mass is 367 g/mol. The van der Waals surface area contributed by atoms with Gasteiger partial charge in [0, 0.05) is 43.3 Å². The Morgan fingerprint density at radius 1 is 1.24 bits per heavy atom. The molecule has 1 aromatic carbocycles. The number of benzene rings is 1. The molecule has 0 aliphatic carbocycles. The number of nitrogens with one attached hydrogen (secondary N) is 1. The fourth-order valence-corrected chi connectivity index (χ4v) is 4.09. The second-order valence-corrected chi connectivity index (χ2v) is 7.17. The first kappa shape index (κ1) is 19.6. The average molecular weight is 368 g/mol. The minimum Gasteiger partial charge on any atom is -0.496 e. The van der Waals surface area contributed by atoms with Crippen LogP contribution in [0.4, 0.5) is 0 Å². The van der Waals surface area contributed by atoms with Gasteiger partial charge in [0.25, 0.3) is 0 Å². The topological polar surface area (TPSA) is 55.3 Å². The fourth-order valence-electron chi connectivity index (χ4n) is 2.91. The third-order valence-electron chi connectivity index (χ3n) is 4.35. The third kappa shape index (κ3) is 4.87. The number of nitrogens with zero attached hydrogens (tertiary/aromatic N) is 2. The Labute approximate surface area is 154 Å². The van der Waals surface area contributed by atoms with Gasteiger partial charge >= 0.3 is 0 Å². The quantitative estimate of drug-likeness (QED) is 0.616. The normalized spacial score (nSPS) is 18.0. The molecule has 1 unspecified atom stereocenters. The maximum absolute atomic E-state index is 5.52. The van der Waals surface area contributed by atoms with Crippen LogP contribution in [0.2, 0.25) is 0 Å². The molecule has 6 nitrogen and oxygen atoms in total. The number of ether oxygens (including phenoxy) is 3. The molecule has 1 heterocycles. The van der Waals surface area contributed by atoms with E-state index in [4.69, 9.17) is 14.2 Å². The molecule has 2 rings (SSSR count). The summed E-state index contributed by atoms with van der Waals surface area (Å²) in [6.45, 7) is 4.85. The second kappa shape index (κ2) is 9.65. The van der Waals surface area contributed by atoms with E-state index in [9.17, 15) is 0 Å². The first-order valence-corrected chi connectivity index (χ1v) is 9.57. The molecule has 1 aromatic rings. The van der Waals surface area contributed by atoms with Gasteiger partial charge in [-0.15, -0.1) is 0 Å². The lowest BCUT2D eigenvalue weighted by Gasteiger charge is -2.34. The van der Waals surface area contributed by atoms with Gasteiger partial charge in [0.15, 0.2) is 5.96 Å². The van der Waals surface area contributed by atoms with Gasteiger partial charge in [-0.25, -0.2) is 0 Å². The van der Waals surface area contributed by atoms with Crippen molar-refractivity contribution in [2.45, 2.75) is 25.1 Å². The number of hydrogen-bond acceptors (Lipinski definition) is 5. The van der Waals surface area contributed by atoms with Crippen LogP contribution in [0, 0.1) is 0 Å². The van der Waals surface area contributed by atoms with E-state index in [0.717, 1.165) is 41.9 Å². The summed E-state index contributed by atoms with van der Waals surface area (Å²) in [7, 11) is 6.76. The Balaban J connectivity index is 2.13. The molecule has 1 aliphatic heterocycles. The van der Waals surface area contributed by atoms with Gasteiger partial charge < -0.3 is 24.4 Å². The molecule has 140 valence electrons. The molecule has 0 spiro atoms. The highest BCUT2D eigenvalue weighted by Gasteiger charge is 2.22. The maximum Gasteiger partial charge on any atom is 0.193 e. The van der Waals surface area contributed by atoms with E-state index in [1.54, 1.807) is 21.3 Å². The highest BCUT2D eigenvalue weighted by Crippen LogP contribution is 2.34. The van der Waals surface area contributed by atoms with Gasteiger partial charge in [0.05, 0.1) is 33.4 Å². The Morgan fingerprint density at radius 3 is 2.44 bits per heavy atom. The van der Waals surface area contributed by atoms with Crippen molar-refractivity contribution >= 4 is 17.7 Å². The van der Waals surface area contributed by atoms with E-state index in [0.29, 0.717) is 17.5 Å². The fraction of sp³-hybridized carbons (Fsp3) is 0.611. The van der Waals surface area contributed by atoms with Crippen LogP contribution in [0.1, 0.15) is 18.9 Å². The van der Waals surface area contributed by atoms with Crippen LogP contribution in [-0.4, -0.2) is 63.3 Å². The van der Waals surface area contributed by atoms with Crippen molar-refractivity contribution in [2.75, 3.05) is 47.2 Å². The van der Waals surface area contributed by atoms with Crippen LogP contribution in [0.25, 0.3) is 0 Å². The summed E-state index contributed by atoms with van der Waals surface area (Å²) in [5, 5.41) is 4.12. The lowest BCUT2D eigenvalue weighted by molar-refractivity contribution is 0.366. The van der Waals surface area contributed by atoms with Gasteiger partial charge in [0.1, 0.15) is 17.2 Å². The third-order valence-corrected chi connectivity index (χ3v) is 5.72. The number of rotatable bonds is 6. The van der Waals surface area contributed by atoms with Crippen LogP contribution < -0.4 is 19.5 Å². The van der Waals surface area contributed by atoms with Gasteiger partial charge in [0.2, 0.25) is 0 Å². The van der Waals surface area contributed by atoms with Crippen LogP contribution in [0.15, 0.2) is 17.1 Å². The molecule has 1 fully saturated rings. The van der Waals surface area contributed by atoms with Gasteiger partial charge in [-0.2, -0.15) is 11.8 Å². The first-order chi connectivity index (χ1) is 12.2. The smallest absolute Gasteiger partial charge is 0.193 e. The summed E-state index contributed by atoms with van der Waals surface area (Å²) in [6, 6.07) is 3.74. The predicted molar refractivity (Wildman–Crippen MR) is 104 cm³/mol. The Hall–Kier alpha value is -1.76. The molecule has 7 heteroatoms. The molecule has 25 heavy (non-hydrogen) atoms. The Kier molecular flexibility index (Phi) is 7.55. The largest absolute Gasteiger partial charge is 0.496 e. The number of methoxy groups -OCH3 is 3. The van der Waals surface area contributed by atoms with Crippen molar-refractivity contribution < 1.29 is 14.2 Å². The lowest BCUT2D eigenvalue weighted by atomic mass is 10.1. The van der Waals surface area contributed by atoms with Crippen LogP contribution in [0.5, 0.6) is 17.2 Å². The van der Waals surface area contributed by atoms with Gasteiger partial charge in [-0.05, 0) is 6.42 Å². The standard InChI is InChI=1S/C18H29N3O3S/c1-6-14-12-21(7-8-25-14)18(19-2)20-11-15-16(23-4)9-13(22-3)10-17(15)24-5/h9-10,14H,6-8,11-12H2,1-5H3,(H,19,20). The van der Waals surface area contributed by atoms with E-state index in [2.05, 4.69) is 22.1 Å². The van der Waals surface area contributed by atoms with E-state index in [-0.39, 0.29) is 0 Å². The summed E-state index contributed by atoms with van der Waals surface area (Å²) in [4.78, 5) is 6.78. The van der Waals surface area contributed by atoms with Crippen molar-refractivity contribution in [3.8, 4) is 17.2 Å².